The molecule has 1 aliphatic heterocycles. The molecule has 1 aliphatic rings. The number of carbonyl (C=O) groups excluding carboxylic acids is 1. The number of nitriles is 1. The number of rotatable bonds is 2. The zero-order valence-corrected chi connectivity index (χ0v) is 8.51. The van der Waals surface area contributed by atoms with Crippen LogP contribution in [0.1, 0.15) is 12.8 Å². The van der Waals surface area contributed by atoms with Crippen LogP contribution in [-0.4, -0.2) is 46.9 Å². The average molecular weight is 234 g/mol. The van der Waals surface area contributed by atoms with E-state index < -0.39 is 27.5 Å². The number of nitrogens with zero attached hydrogens (tertiary/aromatic N) is 2. The largest absolute Gasteiger partial charge is 0.368 e. The lowest BCUT2D eigenvalue weighted by Crippen LogP contribution is -2.44. The summed E-state index contributed by atoms with van der Waals surface area (Å²) in [7, 11) is -4.82. The first-order chi connectivity index (χ1) is 6.88. The Hall–Kier alpha value is -1.17. The smallest absolute Gasteiger partial charge is 0.301 e. The van der Waals surface area contributed by atoms with Crippen molar-refractivity contribution >= 4 is 16.0 Å². The van der Waals surface area contributed by atoms with E-state index in [0.29, 0.717) is 12.8 Å². The molecule has 15 heavy (non-hydrogen) atoms. The summed E-state index contributed by atoms with van der Waals surface area (Å²) in [5.74, 6) is -1.15. The molecule has 2 atom stereocenters. The Kier molecular flexibility index (Phi) is 3.28. The molecule has 8 heteroatoms. The van der Waals surface area contributed by atoms with E-state index in [1.165, 1.54) is 0 Å². The zero-order chi connectivity index (χ0) is 11.6. The standard InChI is InChI=1S/C7H10N2O5S/c8-4-5-2-1-3-9(5)6(10)7(11)15(12,13)14/h5,7,11H,1-3H2,(H,12,13,14). The normalized spacial score (nSPS) is 23.5. The molecule has 1 rings (SSSR count). The molecule has 0 saturated carbocycles. The summed E-state index contributed by atoms with van der Waals surface area (Å²) < 4.78 is 29.5. The SMILES string of the molecule is N#CC1CCCN1C(=O)C(O)S(=O)(=O)O. The van der Waals surface area contributed by atoms with Crippen molar-refractivity contribution in [1.29, 1.82) is 5.26 Å². The van der Waals surface area contributed by atoms with Gasteiger partial charge < -0.3 is 10.0 Å². The van der Waals surface area contributed by atoms with Crippen LogP contribution >= 0.6 is 0 Å². The van der Waals surface area contributed by atoms with Gasteiger partial charge in [-0.3, -0.25) is 9.35 Å². The molecule has 2 unspecified atom stereocenters. The van der Waals surface area contributed by atoms with Crippen LogP contribution in [0.4, 0.5) is 0 Å². The van der Waals surface area contributed by atoms with E-state index in [9.17, 15) is 13.2 Å². The lowest BCUT2D eigenvalue weighted by molar-refractivity contribution is -0.136. The molecular weight excluding hydrogens is 224 g/mol. The molecule has 0 bridgehead atoms. The van der Waals surface area contributed by atoms with Gasteiger partial charge in [-0.05, 0) is 12.8 Å². The molecule has 1 amide bonds. The molecular formula is C7H10N2O5S. The fraction of sp³-hybridized carbons (Fsp3) is 0.714. The monoisotopic (exact) mass is 234 g/mol. The van der Waals surface area contributed by atoms with Gasteiger partial charge in [-0.15, -0.1) is 0 Å². The molecule has 0 aromatic rings. The third-order valence-electron chi connectivity index (χ3n) is 2.18. The van der Waals surface area contributed by atoms with Crippen molar-refractivity contribution in [3.8, 4) is 6.07 Å². The Balaban J connectivity index is 2.82. The Morgan fingerprint density at radius 2 is 2.20 bits per heavy atom. The van der Waals surface area contributed by atoms with Crippen LogP contribution in [0, 0.1) is 11.3 Å². The van der Waals surface area contributed by atoms with Crippen molar-refractivity contribution in [3.63, 3.8) is 0 Å². The van der Waals surface area contributed by atoms with Crippen molar-refractivity contribution in [1.82, 2.24) is 4.90 Å². The fourth-order valence-corrected chi connectivity index (χ4v) is 1.82. The van der Waals surface area contributed by atoms with E-state index in [1.54, 1.807) is 0 Å². The minimum absolute atomic E-state index is 0.212. The number of likely N-dealkylation sites (tertiary alicyclic amines) is 1. The highest BCUT2D eigenvalue weighted by molar-refractivity contribution is 7.87. The zero-order valence-electron chi connectivity index (χ0n) is 7.70. The Morgan fingerprint density at radius 1 is 1.60 bits per heavy atom. The highest BCUT2D eigenvalue weighted by Gasteiger charge is 2.37. The molecule has 0 aliphatic carbocycles. The second kappa shape index (κ2) is 4.14. The quantitative estimate of drug-likeness (QED) is 0.573. The van der Waals surface area contributed by atoms with E-state index >= 15 is 0 Å². The van der Waals surface area contributed by atoms with Gasteiger partial charge in [-0.2, -0.15) is 13.7 Å². The van der Waals surface area contributed by atoms with E-state index in [1.807, 2.05) is 6.07 Å². The van der Waals surface area contributed by atoms with Crippen LogP contribution in [0.3, 0.4) is 0 Å². The van der Waals surface area contributed by atoms with Crippen molar-refractivity contribution in [2.75, 3.05) is 6.54 Å². The highest BCUT2D eigenvalue weighted by Crippen LogP contribution is 2.18. The Labute approximate surface area is 86.7 Å². The van der Waals surface area contributed by atoms with Gasteiger partial charge >= 0.3 is 10.1 Å². The maximum atomic E-state index is 11.3. The van der Waals surface area contributed by atoms with Gasteiger partial charge in [-0.1, -0.05) is 0 Å². The summed E-state index contributed by atoms with van der Waals surface area (Å²) >= 11 is 0. The maximum absolute atomic E-state index is 11.3. The predicted octanol–water partition coefficient (Wildman–Crippen LogP) is -1.29. The van der Waals surface area contributed by atoms with E-state index in [2.05, 4.69) is 0 Å². The summed E-state index contributed by atoms with van der Waals surface area (Å²) in [5.41, 5.74) is -2.49. The van der Waals surface area contributed by atoms with Crippen LogP contribution in [0.2, 0.25) is 0 Å². The summed E-state index contributed by atoms with van der Waals surface area (Å²) in [5, 5.41) is 17.6. The number of aliphatic hydroxyl groups excluding tert-OH is 1. The minimum Gasteiger partial charge on any atom is -0.368 e. The molecule has 0 radical (unpaired) electrons. The first-order valence-corrected chi connectivity index (χ1v) is 5.72. The molecule has 7 nitrogen and oxygen atoms in total. The van der Waals surface area contributed by atoms with Crippen LogP contribution in [0.15, 0.2) is 0 Å². The van der Waals surface area contributed by atoms with Crippen LogP contribution in [-0.2, 0) is 14.9 Å². The van der Waals surface area contributed by atoms with Gasteiger partial charge in [0.1, 0.15) is 6.04 Å². The van der Waals surface area contributed by atoms with Gasteiger partial charge in [0.2, 0.25) is 0 Å². The van der Waals surface area contributed by atoms with Gasteiger partial charge in [0, 0.05) is 6.54 Å². The first-order valence-electron chi connectivity index (χ1n) is 4.22. The van der Waals surface area contributed by atoms with Crippen molar-refractivity contribution < 1.29 is 22.9 Å². The average Bonchev–Trinajstić information content (AvgIpc) is 2.61. The summed E-state index contributed by atoms with van der Waals surface area (Å²) in [6.45, 7) is 0.212. The lowest BCUT2D eigenvalue weighted by atomic mass is 10.2. The Bertz CT molecular complexity index is 398. The van der Waals surface area contributed by atoms with Gasteiger partial charge in [0.25, 0.3) is 11.3 Å². The number of hydrogen-bond donors (Lipinski definition) is 2. The molecule has 2 N–H and O–H groups in total. The molecule has 0 aromatic heterocycles. The molecule has 1 saturated heterocycles. The molecule has 1 heterocycles. The number of aliphatic hydroxyl groups is 1. The molecule has 0 aromatic carbocycles. The summed E-state index contributed by atoms with van der Waals surface area (Å²) in [4.78, 5) is 12.3. The fourth-order valence-electron chi connectivity index (χ4n) is 1.43. The van der Waals surface area contributed by atoms with Gasteiger partial charge in [0.05, 0.1) is 6.07 Å². The van der Waals surface area contributed by atoms with Crippen LogP contribution in [0.5, 0.6) is 0 Å². The third-order valence-corrected chi connectivity index (χ3v) is 2.94. The minimum atomic E-state index is -4.82. The first kappa shape index (κ1) is 11.9. The van der Waals surface area contributed by atoms with E-state index in [4.69, 9.17) is 14.9 Å². The second-order valence-corrected chi connectivity index (χ2v) is 4.66. The second-order valence-electron chi connectivity index (χ2n) is 3.19. The van der Waals surface area contributed by atoms with Crippen LogP contribution in [0.25, 0.3) is 0 Å². The van der Waals surface area contributed by atoms with Crippen molar-refractivity contribution in [3.05, 3.63) is 0 Å². The van der Waals surface area contributed by atoms with Gasteiger partial charge in [-0.25, -0.2) is 0 Å². The van der Waals surface area contributed by atoms with Crippen molar-refractivity contribution in [2.24, 2.45) is 0 Å². The third kappa shape index (κ3) is 2.44. The van der Waals surface area contributed by atoms with E-state index in [-0.39, 0.29) is 6.54 Å². The molecule has 1 fully saturated rings. The number of amides is 1. The number of hydrogen-bond acceptors (Lipinski definition) is 5. The summed E-state index contributed by atoms with van der Waals surface area (Å²) in [6, 6.07) is 1.09. The van der Waals surface area contributed by atoms with Crippen molar-refractivity contribution in [2.45, 2.75) is 24.3 Å². The molecule has 0 spiro atoms. The maximum Gasteiger partial charge on any atom is 0.301 e. The Morgan fingerprint density at radius 3 is 2.67 bits per heavy atom. The lowest BCUT2D eigenvalue weighted by Gasteiger charge is -2.20. The van der Waals surface area contributed by atoms with Crippen LogP contribution < -0.4 is 0 Å². The summed E-state index contributed by atoms with van der Waals surface area (Å²) in [6.07, 6.45) is 1.02. The molecule has 84 valence electrons. The highest BCUT2D eigenvalue weighted by atomic mass is 32.2. The number of carbonyl (C=O) groups is 1. The van der Waals surface area contributed by atoms with E-state index in [0.717, 1.165) is 4.90 Å². The topological polar surface area (TPSA) is 119 Å². The predicted molar refractivity (Wildman–Crippen MR) is 47.9 cm³/mol. The van der Waals surface area contributed by atoms with Gasteiger partial charge in [0.15, 0.2) is 0 Å².